The summed E-state index contributed by atoms with van der Waals surface area (Å²) in [6.07, 6.45) is 2.16. The summed E-state index contributed by atoms with van der Waals surface area (Å²) >= 11 is 0. The lowest BCUT2D eigenvalue weighted by Crippen LogP contribution is -2.35. The van der Waals surface area contributed by atoms with Crippen LogP contribution in [0.1, 0.15) is 48.5 Å². The van der Waals surface area contributed by atoms with Gasteiger partial charge in [0.05, 0.1) is 35.2 Å². The summed E-state index contributed by atoms with van der Waals surface area (Å²) in [7, 11) is 0. The van der Waals surface area contributed by atoms with Crippen molar-refractivity contribution in [3.05, 3.63) is 73.3 Å². The standard InChI is InChI=1S/C30H36N6O4/c1-19(35-27(37)39-29(3,4)5)33-23-13-15-25(31-17-23)21-9-11-22(12-10-21)26-16-14-24(18-32-26)34-20(2)36-28(38)40-30(6,7)8/h9-18,33H,1H2,2-8H3,(H,35,37)(H,34,36,38). The maximum atomic E-state index is 11.9. The number of amidine groups is 1. The topological polar surface area (TPSA) is 127 Å². The Morgan fingerprint density at radius 3 is 1.70 bits per heavy atom. The van der Waals surface area contributed by atoms with E-state index in [4.69, 9.17) is 9.47 Å². The van der Waals surface area contributed by atoms with E-state index >= 15 is 0 Å². The van der Waals surface area contributed by atoms with Gasteiger partial charge in [-0.3, -0.25) is 20.6 Å². The predicted octanol–water partition coefficient (Wildman–Crippen LogP) is 6.79. The molecule has 0 saturated heterocycles. The number of benzene rings is 1. The van der Waals surface area contributed by atoms with E-state index in [0.29, 0.717) is 17.2 Å². The van der Waals surface area contributed by atoms with Gasteiger partial charge in [-0.1, -0.05) is 30.8 Å². The highest BCUT2D eigenvalue weighted by Crippen LogP contribution is 2.25. The first-order chi connectivity index (χ1) is 18.7. The molecule has 2 heterocycles. The normalized spacial score (nSPS) is 11.8. The molecular formula is C30H36N6O4. The molecule has 10 nitrogen and oxygen atoms in total. The largest absolute Gasteiger partial charge is 0.444 e. The van der Waals surface area contributed by atoms with Crippen LogP contribution in [0.3, 0.4) is 0 Å². The average molecular weight is 545 g/mol. The summed E-state index contributed by atoms with van der Waals surface area (Å²) in [5.74, 6) is 0.692. The number of aromatic nitrogens is 2. The van der Waals surface area contributed by atoms with E-state index in [2.05, 4.69) is 37.5 Å². The molecule has 1 aromatic carbocycles. The first-order valence-electron chi connectivity index (χ1n) is 12.7. The van der Waals surface area contributed by atoms with Crippen molar-refractivity contribution in [1.82, 2.24) is 20.6 Å². The van der Waals surface area contributed by atoms with Gasteiger partial charge in [0.2, 0.25) is 0 Å². The third-order valence-electron chi connectivity index (χ3n) is 4.91. The fraction of sp³-hybridized carbons (Fsp3) is 0.300. The second-order valence-electron chi connectivity index (χ2n) is 11.0. The van der Waals surface area contributed by atoms with Gasteiger partial charge in [-0.05, 0) is 72.7 Å². The van der Waals surface area contributed by atoms with E-state index in [0.717, 1.165) is 22.5 Å². The van der Waals surface area contributed by atoms with Crippen molar-refractivity contribution < 1.29 is 19.1 Å². The van der Waals surface area contributed by atoms with Gasteiger partial charge >= 0.3 is 12.2 Å². The lowest BCUT2D eigenvalue weighted by molar-refractivity contribution is 0.0540. The summed E-state index contributed by atoms with van der Waals surface area (Å²) in [5, 5.41) is 8.15. The zero-order valence-electron chi connectivity index (χ0n) is 24.0. The van der Waals surface area contributed by atoms with E-state index in [-0.39, 0.29) is 5.82 Å². The lowest BCUT2D eigenvalue weighted by Gasteiger charge is -2.20. The van der Waals surface area contributed by atoms with Crippen molar-refractivity contribution in [1.29, 1.82) is 0 Å². The first-order valence-corrected chi connectivity index (χ1v) is 12.7. The number of nitrogens with zero attached hydrogens (tertiary/aromatic N) is 3. The minimum absolute atomic E-state index is 0.284. The summed E-state index contributed by atoms with van der Waals surface area (Å²) in [6, 6.07) is 15.3. The van der Waals surface area contributed by atoms with Crippen molar-refractivity contribution >= 4 is 29.4 Å². The van der Waals surface area contributed by atoms with Gasteiger partial charge in [0, 0.05) is 11.1 Å². The molecule has 3 N–H and O–H groups in total. The highest BCUT2D eigenvalue weighted by molar-refractivity contribution is 5.95. The molecule has 210 valence electrons. The van der Waals surface area contributed by atoms with E-state index in [1.54, 1.807) is 60.9 Å². The SMILES string of the molecule is C=C(NC(=O)OC(C)(C)C)Nc1ccc(-c2ccc(-c3ccc(N=C(C)NC(=O)OC(C)(C)C)cn3)cc2)nc1. The zero-order valence-corrected chi connectivity index (χ0v) is 24.0. The van der Waals surface area contributed by atoms with Gasteiger partial charge in [-0.15, -0.1) is 0 Å². The number of amides is 2. The van der Waals surface area contributed by atoms with E-state index in [1.165, 1.54) is 0 Å². The number of alkyl carbamates (subject to hydrolysis) is 2. The molecule has 0 aliphatic rings. The molecule has 0 unspecified atom stereocenters. The van der Waals surface area contributed by atoms with Crippen LogP contribution in [-0.4, -0.2) is 39.2 Å². The van der Waals surface area contributed by atoms with Crippen molar-refractivity contribution in [2.45, 2.75) is 59.7 Å². The molecule has 0 bridgehead atoms. The van der Waals surface area contributed by atoms with E-state index < -0.39 is 23.4 Å². The Morgan fingerprint density at radius 2 is 1.25 bits per heavy atom. The number of hydrogen-bond donors (Lipinski definition) is 3. The van der Waals surface area contributed by atoms with Gasteiger partial charge in [-0.2, -0.15) is 0 Å². The summed E-state index contributed by atoms with van der Waals surface area (Å²) in [5.41, 5.74) is 3.54. The maximum Gasteiger partial charge on any atom is 0.413 e. The van der Waals surface area contributed by atoms with Gasteiger partial charge in [0.1, 0.15) is 22.9 Å². The van der Waals surface area contributed by atoms with Crippen molar-refractivity contribution in [3.8, 4) is 22.5 Å². The number of carbonyl (C=O) groups is 2. The van der Waals surface area contributed by atoms with Gasteiger partial charge < -0.3 is 14.8 Å². The van der Waals surface area contributed by atoms with Crippen LogP contribution < -0.4 is 16.0 Å². The second kappa shape index (κ2) is 12.4. The zero-order chi connectivity index (χ0) is 29.5. The van der Waals surface area contributed by atoms with Gasteiger partial charge in [-0.25, -0.2) is 14.6 Å². The third-order valence-corrected chi connectivity index (χ3v) is 4.91. The molecule has 0 aliphatic carbocycles. The van der Waals surface area contributed by atoms with Gasteiger partial charge in [0.25, 0.3) is 0 Å². The quantitative estimate of drug-likeness (QED) is 0.230. The highest BCUT2D eigenvalue weighted by atomic mass is 16.6. The van der Waals surface area contributed by atoms with Crippen molar-refractivity contribution in [2.24, 2.45) is 4.99 Å². The molecule has 0 aliphatic heterocycles. The molecule has 40 heavy (non-hydrogen) atoms. The van der Waals surface area contributed by atoms with Crippen molar-refractivity contribution in [2.75, 3.05) is 5.32 Å². The Bertz CT molecular complexity index is 1370. The van der Waals surface area contributed by atoms with E-state index in [1.807, 2.05) is 48.5 Å². The second-order valence-corrected chi connectivity index (χ2v) is 11.0. The number of anilines is 1. The Labute approximate surface area is 234 Å². The lowest BCUT2D eigenvalue weighted by atomic mass is 10.1. The van der Waals surface area contributed by atoms with Crippen LogP contribution in [0.25, 0.3) is 22.5 Å². The minimum atomic E-state index is -0.599. The Morgan fingerprint density at radius 1 is 0.750 bits per heavy atom. The molecule has 3 rings (SSSR count). The van der Waals surface area contributed by atoms with Crippen LogP contribution in [0.2, 0.25) is 0 Å². The van der Waals surface area contributed by atoms with Gasteiger partial charge in [0.15, 0.2) is 0 Å². The van der Waals surface area contributed by atoms with Crippen LogP contribution in [0.15, 0.2) is 78.3 Å². The smallest absolute Gasteiger partial charge is 0.413 e. The molecular weight excluding hydrogens is 508 g/mol. The number of rotatable bonds is 6. The molecule has 0 radical (unpaired) electrons. The number of pyridine rings is 2. The summed E-state index contributed by atoms with van der Waals surface area (Å²) in [4.78, 5) is 37.2. The molecule has 0 fully saturated rings. The maximum absolute atomic E-state index is 11.9. The molecule has 0 saturated carbocycles. The number of hydrogen-bond acceptors (Lipinski definition) is 8. The van der Waals surface area contributed by atoms with Crippen LogP contribution in [0.4, 0.5) is 21.0 Å². The van der Waals surface area contributed by atoms with Crippen LogP contribution in [0, 0.1) is 0 Å². The van der Waals surface area contributed by atoms with Crippen LogP contribution in [-0.2, 0) is 9.47 Å². The minimum Gasteiger partial charge on any atom is -0.444 e. The summed E-state index contributed by atoms with van der Waals surface area (Å²) in [6.45, 7) is 16.2. The summed E-state index contributed by atoms with van der Waals surface area (Å²) < 4.78 is 10.5. The number of carbonyl (C=O) groups excluding carboxylic acids is 2. The van der Waals surface area contributed by atoms with Crippen LogP contribution >= 0.6 is 0 Å². The van der Waals surface area contributed by atoms with E-state index in [9.17, 15) is 9.59 Å². The highest BCUT2D eigenvalue weighted by Gasteiger charge is 2.17. The fourth-order valence-corrected chi connectivity index (χ4v) is 3.38. The first kappa shape index (κ1) is 29.8. The fourth-order valence-electron chi connectivity index (χ4n) is 3.38. The average Bonchev–Trinajstić information content (AvgIpc) is 2.82. The third kappa shape index (κ3) is 9.86. The molecule has 2 aromatic heterocycles. The number of aliphatic imine (C=N–C) groups is 1. The molecule has 3 aromatic rings. The van der Waals surface area contributed by atoms with Crippen LogP contribution in [0.5, 0.6) is 0 Å². The molecule has 0 atom stereocenters. The Kier molecular flexibility index (Phi) is 9.26. The molecule has 2 amide bonds. The number of ether oxygens (including phenoxy) is 2. The molecule has 0 spiro atoms. The Balaban J connectivity index is 1.58. The Hall–Kier alpha value is -4.73. The number of nitrogens with one attached hydrogen (secondary N) is 3. The monoisotopic (exact) mass is 544 g/mol. The van der Waals surface area contributed by atoms with Crippen molar-refractivity contribution in [3.63, 3.8) is 0 Å². The molecule has 10 heteroatoms. The predicted molar refractivity (Wildman–Crippen MR) is 157 cm³/mol.